The number of aldehydes is 1. The Balaban J connectivity index is 3.45. The van der Waals surface area contributed by atoms with Gasteiger partial charge < -0.3 is 9.84 Å². The molecule has 1 N–H and O–H groups in total. The highest BCUT2D eigenvalue weighted by molar-refractivity contribution is 14.1. The van der Waals surface area contributed by atoms with Gasteiger partial charge in [0.05, 0.1) is 16.2 Å². The number of aromatic hydroxyl groups is 1. The third kappa shape index (κ3) is 1.77. The number of hydrogen-bond acceptors (Lipinski definition) is 3. The predicted molar refractivity (Wildman–Crippen MR) is 57.5 cm³/mol. The Bertz CT molecular complexity index is 347. The van der Waals surface area contributed by atoms with E-state index in [1.54, 1.807) is 13.0 Å². The maximum atomic E-state index is 10.5. The topological polar surface area (TPSA) is 46.5 Å². The zero-order chi connectivity index (χ0) is 10.0. The van der Waals surface area contributed by atoms with Gasteiger partial charge in [0, 0.05) is 5.56 Å². The molecule has 1 aromatic rings. The van der Waals surface area contributed by atoms with Crippen molar-refractivity contribution in [2.24, 2.45) is 0 Å². The van der Waals surface area contributed by atoms with Crippen molar-refractivity contribution in [3.63, 3.8) is 0 Å². The van der Waals surface area contributed by atoms with Crippen molar-refractivity contribution in [3.05, 3.63) is 20.8 Å². The first-order valence-electron chi connectivity index (χ1n) is 3.63. The molecular formula is C9H9IO3. The van der Waals surface area contributed by atoms with Crippen molar-refractivity contribution in [3.8, 4) is 11.5 Å². The summed E-state index contributed by atoms with van der Waals surface area (Å²) in [5.41, 5.74) is 0.888. The fraction of sp³-hybridized carbons (Fsp3) is 0.222. The first kappa shape index (κ1) is 10.3. The monoisotopic (exact) mass is 292 g/mol. The maximum absolute atomic E-state index is 10.5. The molecule has 13 heavy (non-hydrogen) atoms. The van der Waals surface area contributed by atoms with E-state index in [0.29, 0.717) is 23.2 Å². The van der Waals surface area contributed by atoms with Crippen LogP contribution in [0.1, 0.15) is 15.9 Å². The summed E-state index contributed by atoms with van der Waals surface area (Å²) in [4.78, 5) is 10.5. The third-order valence-corrected chi connectivity index (χ3v) is 2.60. The van der Waals surface area contributed by atoms with E-state index in [2.05, 4.69) is 22.6 Å². The summed E-state index contributed by atoms with van der Waals surface area (Å²) in [6.45, 7) is 1.71. The van der Waals surface area contributed by atoms with E-state index in [9.17, 15) is 9.90 Å². The fourth-order valence-corrected chi connectivity index (χ4v) is 2.07. The summed E-state index contributed by atoms with van der Waals surface area (Å²) < 4.78 is 5.89. The van der Waals surface area contributed by atoms with Gasteiger partial charge in [0.2, 0.25) is 0 Å². The Labute approximate surface area is 89.9 Å². The van der Waals surface area contributed by atoms with Crippen LogP contribution >= 0.6 is 22.6 Å². The van der Waals surface area contributed by atoms with Gasteiger partial charge in [0.1, 0.15) is 11.5 Å². The average molecular weight is 292 g/mol. The van der Waals surface area contributed by atoms with Gasteiger partial charge in [-0.15, -0.1) is 0 Å². The lowest BCUT2D eigenvalue weighted by Gasteiger charge is -2.10. The molecule has 0 aliphatic heterocycles. The van der Waals surface area contributed by atoms with Gasteiger partial charge in [0.25, 0.3) is 0 Å². The number of benzene rings is 1. The first-order chi connectivity index (χ1) is 6.11. The molecule has 0 radical (unpaired) electrons. The van der Waals surface area contributed by atoms with Gasteiger partial charge in [0.15, 0.2) is 6.29 Å². The number of carbonyl (C=O) groups excluding carboxylic acids is 1. The highest BCUT2D eigenvalue weighted by Crippen LogP contribution is 2.33. The lowest BCUT2D eigenvalue weighted by atomic mass is 10.1. The van der Waals surface area contributed by atoms with Crippen molar-refractivity contribution >= 4 is 28.9 Å². The molecule has 1 rings (SSSR count). The quantitative estimate of drug-likeness (QED) is 0.671. The molecule has 4 heteroatoms. The van der Waals surface area contributed by atoms with Crippen molar-refractivity contribution in [2.75, 3.05) is 7.11 Å². The lowest BCUT2D eigenvalue weighted by molar-refractivity contribution is 0.112. The summed E-state index contributed by atoms with van der Waals surface area (Å²) in [7, 11) is 1.53. The summed E-state index contributed by atoms with van der Waals surface area (Å²) in [5.74, 6) is 0.607. The standard InChI is InChI=1S/C9H9IO3/c1-5-8(12)6(4-11)3-7(10)9(5)13-2/h3-4,12H,1-2H3. The Morgan fingerprint density at radius 2 is 2.23 bits per heavy atom. The van der Waals surface area contributed by atoms with Gasteiger partial charge >= 0.3 is 0 Å². The van der Waals surface area contributed by atoms with Crippen LogP contribution in [0.3, 0.4) is 0 Å². The van der Waals surface area contributed by atoms with E-state index in [1.165, 1.54) is 7.11 Å². The highest BCUT2D eigenvalue weighted by atomic mass is 127. The van der Waals surface area contributed by atoms with E-state index < -0.39 is 0 Å². The molecule has 70 valence electrons. The Kier molecular flexibility index (Phi) is 3.13. The number of phenolic OH excluding ortho intramolecular Hbond substituents is 1. The Morgan fingerprint density at radius 1 is 1.62 bits per heavy atom. The van der Waals surface area contributed by atoms with E-state index in [-0.39, 0.29) is 5.75 Å². The van der Waals surface area contributed by atoms with Crippen LogP contribution in [0.2, 0.25) is 0 Å². The van der Waals surface area contributed by atoms with Crippen LogP contribution in [0.25, 0.3) is 0 Å². The molecule has 0 aliphatic carbocycles. The smallest absolute Gasteiger partial charge is 0.153 e. The van der Waals surface area contributed by atoms with Crippen LogP contribution in [-0.4, -0.2) is 18.5 Å². The van der Waals surface area contributed by atoms with Crippen molar-refractivity contribution < 1.29 is 14.6 Å². The van der Waals surface area contributed by atoms with Crippen LogP contribution in [0.5, 0.6) is 11.5 Å². The zero-order valence-corrected chi connectivity index (χ0v) is 9.45. The number of carbonyl (C=O) groups is 1. The van der Waals surface area contributed by atoms with Gasteiger partial charge in [-0.2, -0.15) is 0 Å². The summed E-state index contributed by atoms with van der Waals surface area (Å²) in [6.07, 6.45) is 0.629. The minimum Gasteiger partial charge on any atom is -0.507 e. The van der Waals surface area contributed by atoms with Gasteiger partial charge in [-0.1, -0.05) is 0 Å². The Hall–Kier alpha value is -0.780. The maximum Gasteiger partial charge on any atom is 0.153 e. The number of hydrogen-bond donors (Lipinski definition) is 1. The van der Waals surface area contributed by atoms with E-state index in [1.807, 2.05) is 0 Å². The number of methoxy groups -OCH3 is 1. The van der Waals surface area contributed by atoms with Crippen molar-refractivity contribution in [1.29, 1.82) is 0 Å². The Morgan fingerprint density at radius 3 is 2.69 bits per heavy atom. The highest BCUT2D eigenvalue weighted by Gasteiger charge is 2.12. The minimum atomic E-state index is -0.00716. The van der Waals surface area contributed by atoms with Crippen LogP contribution in [0.15, 0.2) is 6.07 Å². The molecule has 3 nitrogen and oxygen atoms in total. The zero-order valence-electron chi connectivity index (χ0n) is 7.30. The second-order valence-electron chi connectivity index (χ2n) is 2.57. The third-order valence-electron chi connectivity index (χ3n) is 1.80. The second-order valence-corrected chi connectivity index (χ2v) is 3.73. The van der Waals surface area contributed by atoms with Gasteiger partial charge in [-0.3, -0.25) is 4.79 Å². The van der Waals surface area contributed by atoms with Crippen molar-refractivity contribution in [1.82, 2.24) is 0 Å². The molecule has 0 atom stereocenters. The van der Waals surface area contributed by atoms with E-state index in [4.69, 9.17) is 4.74 Å². The van der Waals surface area contributed by atoms with Gasteiger partial charge in [-0.05, 0) is 35.6 Å². The van der Waals surface area contributed by atoms with Gasteiger partial charge in [-0.25, -0.2) is 0 Å². The predicted octanol–water partition coefficient (Wildman–Crippen LogP) is 2.13. The number of ether oxygens (including phenoxy) is 1. The molecule has 0 unspecified atom stereocenters. The normalized spacial score (nSPS) is 9.77. The molecule has 0 saturated carbocycles. The van der Waals surface area contributed by atoms with Crippen LogP contribution < -0.4 is 4.74 Å². The molecule has 0 aliphatic rings. The molecule has 0 fully saturated rings. The molecule has 0 saturated heterocycles. The molecule has 0 heterocycles. The minimum absolute atomic E-state index is 0.00716. The molecule has 0 aromatic heterocycles. The average Bonchev–Trinajstić information content (AvgIpc) is 2.12. The molecule has 0 amide bonds. The molecule has 1 aromatic carbocycles. The number of phenols is 1. The van der Waals surface area contributed by atoms with E-state index >= 15 is 0 Å². The SMILES string of the molecule is COc1c(I)cc(C=O)c(O)c1C. The number of rotatable bonds is 2. The fourth-order valence-electron chi connectivity index (χ4n) is 1.11. The first-order valence-corrected chi connectivity index (χ1v) is 4.71. The lowest BCUT2D eigenvalue weighted by Crippen LogP contribution is -1.94. The van der Waals surface area contributed by atoms with Crippen molar-refractivity contribution in [2.45, 2.75) is 6.92 Å². The van der Waals surface area contributed by atoms with Crippen LogP contribution in [-0.2, 0) is 0 Å². The largest absolute Gasteiger partial charge is 0.507 e. The summed E-state index contributed by atoms with van der Waals surface area (Å²) in [6, 6.07) is 1.59. The second kappa shape index (κ2) is 3.95. The van der Waals surface area contributed by atoms with Crippen LogP contribution in [0, 0.1) is 10.5 Å². The summed E-state index contributed by atoms with van der Waals surface area (Å²) in [5, 5.41) is 9.52. The molecule has 0 bridgehead atoms. The molecule has 0 spiro atoms. The van der Waals surface area contributed by atoms with E-state index in [0.717, 1.165) is 3.57 Å². The van der Waals surface area contributed by atoms with Crippen LogP contribution in [0.4, 0.5) is 0 Å². The summed E-state index contributed by atoms with van der Waals surface area (Å²) >= 11 is 2.06. The number of halogens is 1. The molecular weight excluding hydrogens is 283 g/mol.